The van der Waals surface area contributed by atoms with Gasteiger partial charge in [0.25, 0.3) is 0 Å². The molecule has 0 aliphatic heterocycles. The topological polar surface area (TPSA) is 63.1 Å². The first-order valence-electron chi connectivity index (χ1n) is 7.99. The van der Waals surface area contributed by atoms with E-state index >= 15 is 0 Å². The molecule has 0 saturated heterocycles. The van der Waals surface area contributed by atoms with Crippen molar-refractivity contribution in [2.45, 2.75) is 38.0 Å². The fourth-order valence-corrected chi connectivity index (χ4v) is 3.95. The Bertz CT molecular complexity index is 809. The molecule has 1 N–H and O–H groups in total. The number of carboxylic acids is 1. The highest BCUT2D eigenvalue weighted by molar-refractivity contribution is 5.84. The predicted molar refractivity (Wildman–Crippen MR) is 88.3 cm³/mol. The quantitative estimate of drug-likeness (QED) is 0.927. The number of aromatic carboxylic acids is 1. The second kappa shape index (κ2) is 5.30. The van der Waals surface area contributed by atoms with E-state index in [-0.39, 0.29) is 5.82 Å². The molecule has 2 aromatic rings. The van der Waals surface area contributed by atoms with Crippen LogP contribution in [0.1, 0.15) is 70.9 Å². The van der Waals surface area contributed by atoms with Crippen molar-refractivity contribution in [1.29, 1.82) is 0 Å². The molecule has 4 nitrogen and oxygen atoms in total. The molecule has 2 bridgehead atoms. The molecule has 2 unspecified atom stereocenters. The van der Waals surface area contributed by atoms with E-state index in [4.69, 9.17) is 5.11 Å². The van der Waals surface area contributed by atoms with Gasteiger partial charge in [-0.2, -0.15) is 0 Å². The van der Waals surface area contributed by atoms with Crippen molar-refractivity contribution in [2.75, 3.05) is 0 Å². The Hall–Kier alpha value is -2.49. The van der Waals surface area contributed by atoms with Crippen LogP contribution in [0.2, 0.25) is 0 Å². The van der Waals surface area contributed by atoms with Crippen molar-refractivity contribution in [1.82, 2.24) is 9.97 Å². The third-order valence-corrected chi connectivity index (χ3v) is 5.10. The Morgan fingerprint density at radius 2 is 1.87 bits per heavy atom. The summed E-state index contributed by atoms with van der Waals surface area (Å²) >= 11 is 0. The molecule has 23 heavy (non-hydrogen) atoms. The monoisotopic (exact) mass is 306 g/mol. The first-order valence-corrected chi connectivity index (χ1v) is 7.99. The number of fused-ring (bicyclic) bond motifs is 5. The standard InChI is InChI=1S/C19H18N2O2/c1-11(6-12-9-20-18(19(22)23)21-10-12)13-4-5-16-14-2-3-15(7-14)17(16)8-13/h4-6,8-10,14-15H,2-3,7H2,1H3,(H,22,23). The molecule has 116 valence electrons. The molecule has 0 spiro atoms. The van der Waals surface area contributed by atoms with Crippen LogP contribution in [-0.2, 0) is 0 Å². The molecular formula is C19H18N2O2. The van der Waals surface area contributed by atoms with Crippen molar-refractivity contribution in [3.63, 3.8) is 0 Å². The Kier molecular flexibility index (Phi) is 3.26. The molecule has 0 radical (unpaired) electrons. The minimum Gasteiger partial charge on any atom is -0.475 e. The number of allylic oxidation sites excluding steroid dienone is 1. The van der Waals surface area contributed by atoms with E-state index in [1.54, 1.807) is 18.0 Å². The summed E-state index contributed by atoms with van der Waals surface area (Å²) in [6, 6.07) is 6.81. The summed E-state index contributed by atoms with van der Waals surface area (Å²) < 4.78 is 0. The average molecular weight is 306 g/mol. The second-order valence-electron chi connectivity index (χ2n) is 6.52. The SMILES string of the molecule is CC(=Cc1cnc(C(=O)O)nc1)c1ccc2c(c1)C1CCC2C1. The molecule has 2 atom stereocenters. The van der Waals surface area contributed by atoms with Gasteiger partial charge in [-0.3, -0.25) is 0 Å². The first kappa shape index (κ1) is 14.1. The Labute approximate surface area is 134 Å². The maximum Gasteiger partial charge on any atom is 0.373 e. The van der Waals surface area contributed by atoms with E-state index in [0.29, 0.717) is 0 Å². The summed E-state index contributed by atoms with van der Waals surface area (Å²) in [5.41, 5.74) is 6.26. The lowest BCUT2D eigenvalue weighted by Gasteiger charge is -2.16. The van der Waals surface area contributed by atoms with Gasteiger partial charge in [-0.05, 0) is 66.4 Å². The van der Waals surface area contributed by atoms with E-state index in [0.717, 1.165) is 23.0 Å². The van der Waals surface area contributed by atoms with Gasteiger partial charge in [-0.25, -0.2) is 14.8 Å². The summed E-state index contributed by atoms with van der Waals surface area (Å²) in [7, 11) is 0. The van der Waals surface area contributed by atoms with Crippen LogP contribution in [-0.4, -0.2) is 21.0 Å². The number of carboxylic acid groups (broad SMARTS) is 1. The second-order valence-corrected chi connectivity index (χ2v) is 6.52. The zero-order valence-corrected chi connectivity index (χ0v) is 13.0. The molecular weight excluding hydrogens is 288 g/mol. The highest BCUT2D eigenvalue weighted by atomic mass is 16.4. The molecule has 1 aromatic heterocycles. The highest BCUT2D eigenvalue weighted by Gasteiger charge is 2.36. The third kappa shape index (κ3) is 2.44. The fourth-order valence-electron chi connectivity index (χ4n) is 3.95. The van der Waals surface area contributed by atoms with Gasteiger partial charge in [0.15, 0.2) is 0 Å². The molecule has 1 saturated carbocycles. The van der Waals surface area contributed by atoms with E-state index in [2.05, 4.69) is 35.1 Å². The van der Waals surface area contributed by atoms with Crippen LogP contribution in [0.25, 0.3) is 11.6 Å². The van der Waals surface area contributed by atoms with Gasteiger partial charge in [-0.1, -0.05) is 18.2 Å². The molecule has 1 fully saturated rings. The van der Waals surface area contributed by atoms with Crippen LogP contribution in [0.15, 0.2) is 30.6 Å². The smallest absolute Gasteiger partial charge is 0.373 e. The summed E-state index contributed by atoms with van der Waals surface area (Å²) in [4.78, 5) is 18.5. The van der Waals surface area contributed by atoms with Crippen LogP contribution in [0.3, 0.4) is 0 Å². The van der Waals surface area contributed by atoms with Crippen LogP contribution in [0, 0.1) is 0 Å². The van der Waals surface area contributed by atoms with Gasteiger partial charge in [0, 0.05) is 18.0 Å². The van der Waals surface area contributed by atoms with E-state index in [9.17, 15) is 4.79 Å². The van der Waals surface area contributed by atoms with Crippen LogP contribution < -0.4 is 0 Å². The number of aromatic nitrogens is 2. The largest absolute Gasteiger partial charge is 0.475 e. The summed E-state index contributed by atoms with van der Waals surface area (Å²) in [6.07, 6.45) is 9.10. The lowest BCUT2D eigenvalue weighted by Crippen LogP contribution is -2.03. The number of rotatable bonds is 3. The van der Waals surface area contributed by atoms with Crippen LogP contribution >= 0.6 is 0 Å². The Balaban J connectivity index is 1.63. The van der Waals surface area contributed by atoms with Gasteiger partial charge < -0.3 is 5.11 Å². The maximum atomic E-state index is 10.8. The van der Waals surface area contributed by atoms with Crippen molar-refractivity contribution in [2.24, 2.45) is 0 Å². The number of hydrogen-bond donors (Lipinski definition) is 1. The lowest BCUT2D eigenvalue weighted by molar-refractivity contribution is 0.0683. The molecule has 2 aliphatic carbocycles. The minimum absolute atomic E-state index is 0.173. The van der Waals surface area contributed by atoms with Crippen LogP contribution in [0.5, 0.6) is 0 Å². The Morgan fingerprint density at radius 3 is 2.57 bits per heavy atom. The van der Waals surface area contributed by atoms with Crippen molar-refractivity contribution >= 4 is 17.6 Å². The first-order chi connectivity index (χ1) is 11.1. The predicted octanol–water partition coefficient (Wildman–Crippen LogP) is 4.10. The van der Waals surface area contributed by atoms with Crippen molar-refractivity contribution < 1.29 is 9.90 Å². The normalized spacial score (nSPS) is 22.2. The summed E-state index contributed by atoms with van der Waals surface area (Å²) in [6.45, 7) is 2.07. The van der Waals surface area contributed by atoms with Gasteiger partial charge in [0.2, 0.25) is 5.82 Å². The van der Waals surface area contributed by atoms with E-state index in [1.165, 1.54) is 30.4 Å². The molecule has 1 aromatic carbocycles. The molecule has 0 amide bonds. The third-order valence-electron chi connectivity index (χ3n) is 5.10. The van der Waals surface area contributed by atoms with Gasteiger partial charge in [0.1, 0.15) is 0 Å². The van der Waals surface area contributed by atoms with Gasteiger partial charge in [-0.15, -0.1) is 0 Å². The summed E-state index contributed by atoms with van der Waals surface area (Å²) in [5, 5.41) is 8.84. The minimum atomic E-state index is -1.11. The lowest BCUT2D eigenvalue weighted by atomic mass is 9.89. The van der Waals surface area contributed by atoms with E-state index in [1.807, 2.05) is 6.08 Å². The zero-order valence-electron chi connectivity index (χ0n) is 13.0. The number of carbonyl (C=O) groups is 1. The number of nitrogens with zero attached hydrogens (tertiary/aromatic N) is 2. The molecule has 4 rings (SSSR count). The summed E-state index contributed by atoms with van der Waals surface area (Å²) in [5.74, 6) is 0.255. The van der Waals surface area contributed by atoms with Gasteiger partial charge in [0.05, 0.1) is 0 Å². The molecule has 2 aliphatic rings. The van der Waals surface area contributed by atoms with Crippen LogP contribution in [0.4, 0.5) is 0 Å². The number of benzene rings is 1. The number of hydrogen-bond acceptors (Lipinski definition) is 3. The Morgan fingerprint density at radius 1 is 1.17 bits per heavy atom. The zero-order chi connectivity index (χ0) is 16.0. The molecule has 4 heteroatoms. The van der Waals surface area contributed by atoms with Crippen molar-refractivity contribution in [3.8, 4) is 0 Å². The average Bonchev–Trinajstić information content (AvgIpc) is 3.17. The highest BCUT2D eigenvalue weighted by Crippen LogP contribution is 2.53. The fraction of sp³-hybridized carbons (Fsp3) is 0.316. The maximum absolute atomic E-state index is 10.8. The van der Waals surface area contributed by atoms with E-state index < -0.39 is 5.97 Å². The molecule has 1 heterocycles. The van der Waals surface area contributed by atoms with Gasteiger partial charge >= 0.3 is 5.97 Å². The van der Waals surface area contributed by atoms with Crippen molar-refractivity contribution in [3.05, 3.63) is 58.7 Å².